The van der Waals surface area contributed by atoms with E-state index in [1.54, 1.807) is 32.9 Å². The number of amides is 2. The predicted molar refractivity (Wildman–Crippen MR) is 115 cm³/mol. The van der Waals surface area contributed by atoms with Gasteiger partial charge in [-0.15, -0.1) is 0 Å². The van der Waals surface area contributed by atoms with Gasteiger partial charge in [0.1, 0.15) is 0 Å². The molecule has 0 aliphatic carbocycles. The van der Waals surface area contributed by atoms with Gasteiger partial charge in [-0.2, -0.15) is 4.98 Å². The first-order chi connectivity index (χ1) is 15.3. The van der Waals surface area contributed by atoms with Gasteiger partial charge in [0, 0.05) is 5.56 Å². The molecule has 3 heterocycles. The van der Waals surface area contributed by atoms with Gasteiger partial charge in [0.15, 0.2) is 22.3 Å². The van der Waals surface area contributed by atoms with Crippen LogP contribution in [0.5, 0.6) is 5.88 Å². The zero-order chi connectivity index (χ0) is 24.2. The maximum Gasteiger partial charge on any atom is 0.272 e. The van der Waals surface area contributed by atoms with Crippen LogP contribution in [0.4, 0.5) is 20.3 Å². The van der Waals surface area contributed by atoms with E-state index in [1.807, 2.05) is 0 Å². The number of nitrogens with one attached hydrogen (secondary N) is 1. The maximum absolute atomic E-state index is 13.2. The third-order valence-corrected chi connectivity index (χ3v) is 7.74. The monoisotopic (exact) mass is 480 g/mol. The van der Waals surface area contributed by atoms with Gasteiger partial charge in [0.25, 0.3) is 12.3 Å². The van der Waals surface area contributed by atoms with Gasteiger partial charge in [-0.25, -0.2) is 17.2 Å². The second kappa shape index (κ2) is 7.72. The molecule has 1 saturated heterocycles. The lowest BCUT2D eigenvalue weighted by molar-refractivity contribution is -0.121. The number of carbonyl (C=O) groups is 2. The summed E-state index contributed by atoms with van der Waals surface area (Å²) in [5.74, 6) is -1.09. The van der Waals surface area contributed by atoms with Crippen LogP contribution in [0.15, 0.2) is 30.6 Å². The molecule has 2 amide bonds. The predicted octanol–water partition coefficient (Wildman–Crippen LogP) is 1.99. The number of halogens is 2. The molecule has 0 spiro atoms. The molecule has 176 valence electrons. The number of nitrogens with zero attached hydrogens (tertiary/aromatic N) is 3. The van der Waals surface area contributed by atoms with Crippen LogP contribution in [0.3, 0.4) is 0 Å². The number of alkyl halides is 2. The molecule has 2 aliphatic heterocycles. The Kier molecular flexibility index (Phi) is 5.38. The lowest BCUT2D eigenvalue weighted by atomic mass is 9.85. The van der Waals surface area contributed by atoms with Crippen molar-refractivity contribution in [2.24, 2.45) is 0 Å². The van der Waals surface area contributed by atoms with E-state index in [0.29, 0.717) is 11.3 Å². The van der Waals surface area contributed by atoms with Gasteiger partial charge < -0.3 is 10.1 Å². The minimum atomic E-state index is -3.13. The van der Waals surface area contributed by atoms with Gasteiger partial charge in [-0.1, -0.05) is 0 Å². The highest BCUT2D eigenvalue weighted by atomic mass is 32.2. The van der Waals surface area contributed by atoms with Crippen molar-refractivity contribution >= 4 is 33.2 Å². The van der Waals surface area contributed by atoms with Crippen LogP contribution in [0.1, 0.15) is 36.7 Å². The summed E-state index contributed by atoms with van der Waals surface area (Å²) in [5, 5.41) is 2.75. The molecule has 2 aliphatic rings. The molecule has 1 N–H and O–H groups in total. The van der Waals surface area contributed by atoms with Gasteiger partial charge in [0.05, 0.1) is 40.5 Å². The highest BCUT2D eigenvalue weighted by Crippen LogP contribution is 2.45. The number of ether oxygens (including phenoxy) is 1. The summed E-state index contributed by atoms with van der Waals surface area (Å²) < 4.78 is 52.8. The van der Waals surface area contributed by atoms with Crippen molar-refractivity contribution in [3.8, 4) is 5.88 Å². The average molecular weight is 480 g/mol. The normalized spacial score (nSPS) is 19.7. The quantitative estimate of drug-likeness (QED) is 0.672. The molecular weight excluding hydrogens is 458 g/mol. The summed E-state index contributed by atoms with van der Waals surface area (Å²) in [4.78, 5) is 35.4. The van der Waals surface area contributed by atoms with Crippen LogP contribution < -0.4 is 15.0 Å². The number of hydrogen-bond donors (Lipinski definition) is 1. The van der Waals surface area contributed by atoms with Crippen molar-refractivity contribution in [3.63, 3.8) is 0 Å². The first kappa shape index (κ1) is 23.0. The Hall–Kier alpha value is -3.15. The molecule has 0 bridgehead atoms. The number of fused-ring (bicyclic) bond motifs is 1. The lowest BCUT2D eigenvalue weighted by Crippen LogP contribution is -2.63. The third kappa shape index (κ3) is 4.26. The van der Waals surface area contributed by atoms with E-state index in [-0.39, 0.29) is 34.7 Å². The number of benzene rings is 1. The Labute approximate surface area is 189 Å². The molecule has 1 aromatic carbocycles. The Morgan fingerprint density at radius 3 is 2.58 bits per heavy atom. The molecule has 33 heavy (non-hydrogen) atoms. The van der Waals surface area contributed by atoms with E-state index in [2.05, 4.69) is 15.3 Å². The van der Waals surface area contributed by atoms with Crippen LogP contribution in [-0.2, 0) is 20.0 Å². The van der Waals surface area contributed by atoms with Crippen LogP contribution in [0, 0.1) is 0 Å². The van der Waals surface area contributed by atoms with Crippen LogP contribution in [0.25, 0.3) is 0 Å². The highest BCUT2D eigenvalue weighted by Gasteiger charge is 2.47. The molecule has 1 aromatic heterocycles. The van der Waals surface area contributed by atoms with E-state index in [0.717, 1.165) is 0 Å². The summed E-state index contributed by atoms with van der Waals surface area (Å²) in [5.41, 5.74) is -0.536. The van der Waals surface area contributed by atoms with E-state index in [9.17, 15) is 26.8 Å². The van der Waals surface area contributed by atoms with E-state index in [1.165, 1.54) is 23.4 Å². The van der Waals surface area contributed by atoms with E-state index in [4.69, 9.17) is 4.74 Å². The van der Waals surface area contributed by atoms with Gasteiger partial charge in [0.2, 0.25) is 11.8 Å². The maximum atomic E-state index is 13.2. The van der Waals surface area contributed by atoms with Crippen molar-refractivity contribution in [1.82, 2.24) is 15.3 Å². The summed E-state index contributed by atoms with van der Waals surface area (Å²) in [6.45, 7) is 4.20. The van der Waals surface area contributed by atoms with Crippen molar-refractivity contribution in [1.29, 1.82) is 0 Å². The molecular formula is C21H22F2N4O5S. The average Bonchev–Trinajstić information content (AvgIpc) is 2.90. The fourth-order valence-corrected chi connectivity index (χ4v) is 6.12. The van der Waals surface area contributed by atoms with E-state index >= 15 is 0 Å². The van der Waals surface area contributed by atoms with Crippen molar-refractivity contribution in [2.45, 2.75) is 38.2 Å². The molecule has 0 radical (unpaired) electrons. The smallest absolute Gasteiger partial charge is 0.272 e. The topological polar surface area (TPSA) is 119 Å². The van der Waals surface area contributed by atoms with E-state index < -0.39 is 39.7 Å². The number of aromatic nitrogens is 2. The summed E-state index contributed by atoms with van der Waals surface area (Å²) in [6, 6.07) is 4.70. The Bertz CT molecular complexity index is 1240. The second-order valence-electron chi connectivity index (χ2n) is 8.96. The number of sulfone groups is 1. The molecule has 9 nitrogen and oxygen atoms in total. The van der Waals surface area contributed by atoms with Gasteiger partial charge in [-0.3, -0.25) is 19.5 Å². The Morgan fingerprint density at radius 1 is 1.24 bits per heavy atom. The minimum absolute atomic E-state index is 0.1000. The molecule has 0 unspecified atom stereocenters. The van der Waals surface area contributed by atoms with Gasteiger partial charge >= 0.3 is 0 Å². The molecule has 1 fully saturated rings. The Morgan fingerprint density at radius 2 is 1.94 bits per heavy atom. The zero-order valence-electron chi connectivity index (χ0n) is 18.1. The molecule has 2 aromatic rings. The molecule has 0 atom stereocenters. The number of carbonyl (C=O) groups excluding carboxylic acids is 2. The summed E-state index contributed by atoms with van der Waals surface area (Å²) in [7, 11) is -3.13. The van der Waals surface area contributed by atoms with Crippen molar-refractivity contribution in [2.75, 3.05) is 23.0 Å². The standard InChI is InChI=1S/C21H22F2N4O5S/c1-20(2)13-6-12(18(28)26-21(3)10-33(30,31)11-21)4-5-14(13)27(19(20)29)16-7-24-8-17(25-16)32-9-15(22)23/h4-8,15H,9-11H2,1-3H3,(H,26,28). The SMILES string of the molecule is CC1(NC(=O)c2ccc3c(c2)C(C)(C)C(=O)N3c2cncc(OCC(F)F)n2)CS(=O)(=O)C1. The number of anilines is 2. The summed E-state index contributed by atoms with van der Waals surface area (Å²) >= 11 is 0. The fourth-order valence-electron chi connectivity index (χ4n) is 4.12. The number of hydrogen-bond acceptors (Lipinski definition) is 7. The summed E-state index contributed by atoms with van der Waals surface area (Å²) in [6.07, 6.45) is -0.195. The van der Waals surface area contributed by atoms with Crippen LogP contribution in [-0.4, -0.2) is 60.3 Å². The molecule has 4 rings (SSSR count). The second-order valence-corrected chi connectivity index (χ2v) is 11.0. The third-order valence-electron chi connectivity index (χ3n) is 5.59. The lowest BCUT2D eigenvalue weighted by Gasteiger charge is -2.38. The first-order valence-electron chi connectivity index (χ1n) is 10.1. The Balaban J connectivity index is 1.63. The minimum Gasteiger partial charge on any atom is -0.470 e. The molecule has 12 heteroatoms. The van der Waals surface area contributed by atoms with Crippen LogP contribution in [0.2, 0.25) is 0 Å². The largest absolute Gasteiger partial charge is 0.470 e. The first-order valence-corrected chi connectivity index (χ1v) is 11.9. The highest BCUT2D eigenvalue weighted by molar-refractivity contribution is 7.93. The van der Waals surface area contributed by atoms with Crippen LogP contribution >= 0.6 is 0 Å². The molecule has 0 saturated carbocycles. The zero-order valence-corrected chi connectivity index (χ0v) is 18.9. The number of rotatable bonds is 6. The van der Waals surface area contributed by atoms with Crippen molar-refractivity contribution < 1.29 is 31.5 Å². The fraction of sp³-hybridized carbons (Fsp3) is 0.429. The van der Waals surface area contributed by atoms with Gasteiger partial charge in [-0.05, 0) is 44.5 Å². The van der Waals surface area contributed by atoms with Crippen molar-refractivity contribution in [3.05, 3.63) is 41.7 Å².